The summed E-state index contributed by atoms with van der Waals surface area (Å²) in [5, 5.41) is 10.7. The lowest BCUT2D eigenvalue weighted by Gasteiger charge is -2.41. The molecule has 1 N–H and O–H groups in total. The molecule has 0 spiro atoms. The van der Waals surface area contributed by atoms with Crippen LogP contribution in [0.2, 0.25) is 0 Å². The number of likely N-dealkylation sites (tertiary alicyclic amines) is 1. The van der Waals surface area contributed by atoms with Crippen LogP contribution >= 0.6 is 0 Å². The predicted octanol–water partition coefficient (Wildman–Crippen LogP) is 3.48. The van der Waals surface area contributed by atoms with Crippen molar-refractivity contribution in [1.29, 1.82) is 0 Å². The molecule has 4 atom stereocenters. The van der Waals surface area contributed by atoms with Gasteiger partial charge < -0.3 is 5.11 Å². The Hall–Kier alpha value is -0.860. The van der Waals surface area contributed by atoms with Crippen molar-refractivity contribution in [3.8, 4) is 0 Å². The Kier molecular flexibility index (Phi) is 5.00. The van der Waals surface area contributed by atoms with Crippen LogP contribution in [0.25, 0.3) is 0 Å². The first-order valence-electron chi connectivity index (χ1n) is 7.58. The number of benzene rings is 1. The van der Waals surface area contributed by atoms with Crippen LogP contribution in [0.3, 0.4) is 0 Å². The van der Waals surface area contributed by atoms with Crippen molar-refractivity contribution in [2.45, 2.75) is 45.8 Å². The lowest BCUT2D eigenvalue weighted by atomic mass is 9.88. The number of rotatable bonds is 4. The van der Waals surface area contributed by atoms with E-state index >= 15 is 0 Å². The maximum absolute atomic E-state index is 10.7. The summed E-state index contributed by atoms with van der Waals surface area (Å²) in [5.41, 5.74) is 1.04. The first-order chi connectivity index (χ1) is 9.11. The maximum atomic E-state index is 10.7. The monoisotopic (exact) mass is 261 g/mol. The fourth-order valence-electron chi connectivity index (χ4n) is 3.54. The lowest BCUT2D eigenvalue weighted by Crippen LogP contribution is -2.47. The van der Waals surface area contributed by atoms with Crippen LogP contribution < -0.4 is 0 Å². The Morgan fingerprint density at radius 3 is 2.26 bits per heavy atom. The Balaban J connectivity index is 2.11. The third-order valence-electron chi connectivity index (χ3n) is 4.29. The normalized spacial score (nSPS) is 28.0. The smallest absolute Gasteiger partial charge is 0.0945 e. The van der Waals surface area contributed by atoms with E-state index in [2.05, 4.69) is 25.7 Å². The fourth-order valence-corrected chi connectivity index (χ4v) is 3.54. The molecule has 4 unspecified atom stereocenters. The molecule has 0 aliphatic carbocycles. The highest BCUT2D eigenvalue weighted by atomic mass is 16.3. The van der Waals surface area contributed by atoms with E-state index in [0.717, 1.165) is 36.9 Å². The number of aliphatic hydroxyl groups excluding tert-OH is 1. The first kappa shape index (κ1) is 14.5. The first-order valence-corrected chi connectivity index (χ1v) is 7.58. The zero-order valence-electron chi connectivity index (χ0n) is 12.4. The van der Waals surface area contributed by atoms with Crippen molar-refractivity contribution in [3.63, 3.8) is 0 Å². The van der Waals surface area contributed by atoms with E-state index < -0.39 is 0 Å². The van der Waals surface area contributed by atoms with Gasteiger partial charge in [0.05, 0.1) is 6.10 Å². The molecule has 2 nitrogen and oxygen atoms in total. The van der Waals surface area contributed by atoms with Gasteiger partial charge >= 0.3 is 0 Å². The Labute approximate surface area is 117 Å². The zero-order valence-corrected chi connectivity index (χ0v) is 12.4. The molecule has 1 saturated heterocycles. The van der Waals surface area contributed by atoms with Gasteiger partial charge in [0.1, 0.15) is 0 Å². The molecule has 1 aliphatic heterocycles. The Morgan fingerprint density at radius 1 is 1.16 bits per heavy atom. The molecule has 1 aromatic rings. The van der Waals surface area contributed by atoms with E-state index in [0.29, 0.717) is 0 Å². The molecule has 1 heterocycles. The second-order valence-corrected chi connectivity index (χ2v) is 6.23. The molecule has 0 radical (unpaired) electrons. The van der Waals surface area contributed by atoms with Gasteiger partial charge in [0.25, 0.3) is 0 Å². The summed E-state index contributed by atoms with van der Waals surface area (Å²) < 4.78 is 0. The van der Waals surface area contributed by atoms with Crippen LogP contribution in [0.5, 0.6) is 0 Å². The van der Waals surface area contributed by atoms with Crippen LogP contribution in [0.4, 0.5) is 0 Å². The molecule has 19 heavy (non-hydrogen) atoms. The second kappa shape index (κ2) is 6.53. The summed E-state index contributed by atoms with van der Waals surface area (Å²) in [4.78, 5) is 2.50. The van der Waals surface area contributed by atoms with Crippen molar-refractivity contribution in [2.75, 3.05) is 13.1 Å². The molecular weight excluding hydrogens is 234 g/mol. The molecule has 2 rings (SSSR count). The van der Waals surface area contributed by atoms with Crippen molar-refractivity contribution in [1.82, 2.24) is 4.90 Å². The van der Waals surface area contributed by atoms with Gasteiger partial charge in [0, 0.05) is 19.1 Å². The van der Waals surface area contributed by atoms with Gasteiger partial charge in [-0.1, -0.05) is 51.1 Å². The van der Waals surface area contributed by atoms with E-state index in [9.17, 15) is 5.11 Å². The minimum Gasteiger partial charge on any atom is -0.387 e. The van der Waals surface area contributed by atoms with Gasteiger partial charge in [-0.25, -0.2) is 0 Å². The Morgan fingerprint density at radius 2 is 1.74 bits per heavy atom. The topological polar surface area (TPSA) is 23.5 Å². The molecule has 106 valence electrons. The van der Waals surface area contributed by atoms with Gasteiger partial charge in [0.15, 0.2) is 0 Å². The third-order valence-corrected chi connectivity index (χ3v) is 4.29. The molecule has 0 saturated carbocycles. The Bertz CT molecular complexity index is 368. The maximum Gasteiger partial charge on any atom is 0.0945 e. The summed E-state index contributed by atoms with van der Waals surface area (Å²) in [6.07, 6.45) is 1.94. The van der Waals surface area contributed by atoms with Gasteiger partial charge in [-0.3, -0.25) is 4.90 Å². The minimum atomic E-state index is -0.372. The summed E-state index contributed by atoms with van der Waals surface area (Å²) in [6, 6.07) is 10.3. The van der Waals surface area contributed by atoms with Crippen molar-refractivity contribution in [3.05, 3.63) is 35.9 Å². The van der Waals surface area contributed by atoms with E-state index in [-0.39, 0.29) is 12.1 Å². The average molecular weight is 261 g/mol. The number of piperidine rings is 1. The summed E-state index contributed by atoms with van der Waals surface area (Å²) in [7, 11) is 0. The number of hydrogen-bond acceptors (Lipinski definition) is 2. The molecular formula is C17H27NO. The standard InChI is InChI=1S/C17H27NO/c1-4-16(17(19)15-8-6-5-7-9-15)18-11-13(2)10-14(3)12-18/h5-9,13-14,16-17,19H,4,10-12H2,1-3H3. The quantitative estimate of drug-likeness (QED) is 0.897. The average Bonchev–Trinajstić information content (AvgIpc) is 2.39. The number of aliphatic hydroxyl groups is 1. The largest absolute Gasteiger partial charge is 0.387 e. The van der Waals surface area contributed by atoms with E-state index in [1.165, 1.54) is 6.42 Å². The van der Waals surface area contributed by atoms with Crippen LogP contribution in [0.15, 0.2) is 30.3 Å². The molecule has 1 aromatic carbocycles. The molecule has 2 heteroatoms. The van der Waals surface area contributed by atoms with Crippen molar-refractivity contribution >= 4 is 0 Å². The lowest BCUT2D eigenvalue weighted by molar-refractivity contribution is 0.0102. The van der Waals surface area contributed by atoms with Gasteiger partial charge in [-0.2, -0.15) is 0 Å². The van der Waals surface area contributed by atoms with Crippen LogP contribution in [0.1, 0.15) is 45.3 Å². The van der Waals surface area contributed by atoms with E-state index in [4.69, 9.17) is 0 Å². The SMILES string of the molecule is CCC(C(O)c1ccccc1)N1CC(C)CC(C)C1. The summed E-state index contributed by atoms with van der Waals surface area (Å²) in [5.74, 6) is 1.47. The van der Waals surface area contributed by atoms with Gasteiger partial charge in [-0.15, -0.1) is 0 Å². The second-order valence-electron chi connectivity index (χ2n) is 6.23. The summed E-state index contributed by atoms with van der Waals surface area (Å²) in [6.45, 7) is 9.06. The van der Waals surface area contributed by atoms with Gasteiger partial charge in [0.2, 0.25) is 0 Å². The van der Waals surface area contributed by atoms with Crippen molar-refractivity contribution in [2.24, 2.45) is 11.8 Å². The highest BCUT2D eigenvalue weighted by Gasteiger charge is 2.31. The van der Waals surface area contributed by atoms with E-state index in [1.54, 1.807) is 0 Å². The van der Waals surface area contributed by atoms with Crippen LogP contribution in [-0.4, -0.2) is 29.1 Å². The molecule has 0 amide bonds. The highest BCUT2D eigenvalue weighted by molar-refractivity contribution is 5.19. The van der Waals surface area contributed by atoms with Crippen molar-refractivity contribution < 1.29 is 5.11 Å². The van der Waals surface area contributed by atoms with Crippen LogP contribution in [-0.2, 0) is 0 Å². The number of hydrogen-bond donors (Lipinski definition) is 1. The number of nitrogens with zero attached hydrogens (tertiary/aromatic N) is 1. The van der Waals surface area contributed by atoms with Gasteiger partial charge in [-0.05, 0) is 30.2 Å². The molecule has 0 bridgehead atoms. The molecule has 1 aliphatic rings. The molecule has 0 aromatic heterocycles. The van der Waals surface area contributed by atoms with E-state index in [1.807, 2.05) is 30.3 Å². The van der Waals surface area contributed by atoms with Crippen LogP contribution in [0, 0.1) is 11.8 Å². The zero-order chi connectivity index (χ0) is 13.8. The molecule has 1 fully saturated rings. The fraction of sp³-hybridized carbons (Fsp3) is 0.647. The highest BCUT2D eigenvalue weighted by Crippen LogP contribution is 2.29. The summed E-state index contributed by atoms with van der Waals surface area (Å²) >= 11 is 0. The minimum absolute atomic E-state index is 0.243. The third kappa shape index (κ3) is 3.58. The predicted molar refractivity (Wildman–Crippen MR) is 80.0 cm³/mol.